The molecule has 0 spiro atoms. The Morgan fingerprint density at radius 3 is 2.15 bits per heavy atom. The molecule has 0 saturated heterocycles. The van der Waals surface area contributed by atoms with Gasteiger partial charge in [0.25, 0.3) is 0 Å². The third-order valence-corrected chi connectivity index (χ3v) is 1.72. The smallest absolute Gasteiger partial charge is 0.333 e. The van der Waals surface area contributed by atoms with Gasteiger partial charge in [-0.05, 0) is 18.8 Å². The first-order valence-electron chi connectivity index (χ1n) is 4.82. The first-order chi connectivity index (χ1) is 5.99. The summed E-state index contributed by atoms with van der Waals surface area (Å²) in [4.78, 5) is 11.4. The molecule has 0 N–H and O–H groups in total. The molecule has 0 aromatic carbocycles. The summed E-state index contributed by atoms with van der Waals surface area (Å²) in [7, 11) is 0. The number of esters is 1. The van der Waals surface area contributed by atoms with Crippen molar-refractivity contribution in [2.45, 2.75) is 34.6 Å². The third kappa shape index (κ3) is 4.71. The highest BCUT2D eigenvalue weighted by atomic mass is 16.5. The number of rotatable bonds is 4. The number of hydrogen-bond acceptors (Lipinski definition) is 2. The zero-order chi connectivity index (χ0) is 10.4. The van der Waals surface area contributed by atoms with Crippen molar-refractivity contribution >= 4 is 5.97 Å². The first kappa shape index (κ1) is 12.2. The summed E-state index contributed by atoms with van der Waals surface area (Å²) in [5.41, 5.74) is 0.764. The number of ether oxygens (including phenoxy) is 1. The summed E-state index contributed by atoms with van der Waals surface area (Å²) in [6.45, 7) is 10.4. The molecule has 76 valence electrons. The van der Waals surface area contributed by atoms with Gasteiger partial charge in [0, 0.05) is 5.57 Å². The van der Waals surface area contributed by atoms with Gasteiger partial charge in [-0.25, -0.2) is 4.79 Å². The molecule has 0 radical (unpaired) electrons. The van der Waals surface area contributed by atoms with E-state index in [1.54, 1.807) is 0 Å². The highest BCUT2D eigenvalue weighted by Crippen LogP contribution is 2.11. The largest absolute Gasteiger partial charge is 0.462 e. The lowest BCUT2D eigenvalue weighted by Gasteiger charge is -2.11. The molecule has 0 aliphatic rings. The van der Waals surface area contributed by atoms with E-state index in [1.807, 2.05) is 40.7 Å². The van der Waals surface area contributed by atoms with Crippen LogP contribution in [0.25, 0.3) is 0 Å². The number of carbonyl (C=O) groups excluding carboxylic acids is 1. The minimum absolute atomic E-state index is 0.175. The predicted octanol–water partition coefficient (Wildman–Crippen LogP) is 2.79. The second-order valence-corrected chi connectivity index (χ2v) is 3.89. The van der Waals surface area contributed by atoms with Gasteiger partial charge in [-0.3, -0.25) is 0 Å². The van der Waals surface area contributed by atoms with E-state index >= 15 is 0 Å². The lowest BCUT2D eigenvalue weighted by Crippen LogP contribution is -2.15. The van der Waals surface area contributed by atoms with Crippen LogP contribution in [0.15, 0.2) is 11.6 Å². The lowest BCUT2D eigenvalue weighted by molar-refractivity contribution is -0.140. The van der Waals surface area contributed by atoms with Crippen molar-refractivity contribution < 1.29 is 9.53 Å². The van der Waals surface area contributed by atoms with E-state index in [2.05, 4.69) is 0 Å². The van der Waals surface area contributed by atoms with Crippen LogP contribution in [0, 0.1) is 11.8 Å². The summed E-state index contributed by atoms with van der Waals surface area (Å²) in [5.74, 6) is 0.463. The van der Waals surface area contributed by atoms with Crippen LogP contribution in [0.4, 0.5) is 0 Å². The van der Waals surface area contributed by atoms with Crippen LogP contribution in [0.1, 0.15) is 34.6 Å². The molecule has 2 heteroatoms. The lowest BCUT2D eigenvalue weighted by atomic mass is 10.0. The van der Waals surface area contributed by atoms with Gasteiger partial charge < -0.3 is 4.74 Å². The predicted molar refractivity (Wildman–Crippen MR) is 54.4 cm³/mol. The molecule has 0 aromatic rings. The topological polar surface area (TPSA) is 26.3 Å². The van der Waals surface area contributed by atoms with Crippen molar-refractivity contribution in [3.63, 3.8) is 0 Å². The molecular formula is C11H20O2. The molecule has 0 atom stereocenters. The van der Waals surface area contributed by atoms with Crippen LogP contribution in [0.3, 0.4) is 0 Å². The fourth-order valence-electron chi connectivity index (χ4n) is 1.01. The zero-order valence-electron chi connectivity index (χ0n) is 9.26. The number of allylic oxidation sites excluding steroid dienone is 1. The summed E-state index contributed by atoms with van der Waals surface area (Å²) >= 11 is 0. The molecule has 0 aliphatic carbocycles. The Bertz CT molecular complexity index is 190. The first-order valence-corrected chi connectivity index (χ1v) is 4.82. The maximum absolute atomic E-state index is 11.4. The molecule has 0 amide bonds. The molecule has 0 aromatic heterocycles. The van der Waals surface area contributed by atoms with Crippen LogP contribution in [-0.2, 0) is 9.53 Å². The summed E-state index contributed by atoms with van der Waals surface area (Å²) in [6, 6.07) is 0. The number of hydrogen-bond donors (Lipinski definition) is 0. The Labute approximate surface area is 81.0 Å². The fourth-order valence-corrected chi connectivity index (χ4v) is 1.01. The van der Waals surface area contributed by atoms with Crippen molar-refractivity contribution in [1.82, 2.24) is 0 Å². The number of carbonyl (C=O) groups is 1. The maximum Gasteiger partial charge on any atom is 0.333 e. The minimum atomic E-state index is -0.175. The van der Waals surface area contributed by atoms with Crippen LogP contribution >= 0.6 is 0 Å². The highest BCUT2D eigenvalue weighted by molar-refractivity contribution is 5.88. The molecular weight excluding hydrogens is 164 g/mol. The summed E-state index contributed by atoms with van der Waals surface area (Å²) in [6.07, 6.45) is 1.83. The van der Waals surface area contributed by atoms with E-state index in [1.165, 1.54) is 0 Å². The normalized spacial score (nSPS) is 12.4. The molecule has 0 bridgehead atoms. The molecule has 0 saturated carbocycles. The highest BCUT2D eigenvalue weighted by Gasteiger charge is 2.13. The van der Waals surface area contributed by atoms with Gasteiger partial charge in [-0.1, -0.05) is 33.8 Å². The second-order valence-electron chi connectivity index (χ2n) is 3.89. The van der Waals surface area contributed by atoms with Crippen LogP contribution in [0.5, 0.6) is 0 Å². The SMILES string of the molecule is C/C=C(/C(=O)OCC(C)C)C(C)C. The second kappa shape index (κ2) is 5.79. The van der Waals surface area contributed by atoms with Crippen LogP contribution in [-0.4, -0.2) is 12.6 Å². The minimum Gasteiger partial charge on any atom is -0.462 e. The van der Waals surface area contributed by atoms with E-state index in [-0.39, 0.29) is 11.9 Å². The van der Waals surface area contributed by atoms with Gasteiger partial charge in [-0.2, -0.15) is 0 Å². The van der Waals surface area contributed by atoms with Crippen LogP contribution in [0.2, 0.25) is 0 Å². The maximum atomic E-state index is 11.4. The van der Waals surface area contributed by atoms with Gasteiger partial charge in [0.1, 0.15) is 0 Å². The average Bonchev–Trinajstić information content (AvgIpc) is 2.01. The van der Waals surface area contributed by atoms with Gasteiger partial charge in [0.2, 0.25) is 0 Å². The Hall–Kier alpha value is -0.790. The third-order valence-electron chi connectivity index (χ3n) is 1.72. The van der Waals surface area contributed by atoms with Crippen LogP contribution < -0.4 is 0 Å². The molecule has 0 heterocycles. The molecule has 0 aliphatic heterocycles. The molecule has 0 fully saturated rings. The Morgan fingerprint density at radius 2 is 1.85 bits per heavy atom. The van der Waals surface area contributed by atoms with E-state index in [0.29, 0.717) is 12.5 Å². The van der Waals surface area contributed by atoms with Crippen molar-refractivity contribution in [3.8, 4) is 0 Å². The molecule has 0 rings (SSSR count). The average molecular weight is 184 g/mol. The summed E-state index contributed by atoms with van der Waals surface area (Å²) in [5, 5.41) is 0. The fraction of sp³-hybridized carbons (Fsp3) is 0.727. The van der Waals surface area contributed by atoms with Crippen molar-refractivity contribution in [2.75, 3.05) is 6.61 Å². The Balaban J connectivity index is 4.09. The van der Waals surface area contributed by atoms with Crippen molar-refractivity contribution in [3.05, 3.63) is 11.6 Å². The van der Waals surface area contributed by atoms with Crippen molar-refractivity contribution in [1.29, 1.82) is 0 Å². The molecule has 0 unspecified atom stereocenters. The molecule has 2 nitrogen and oxygen atoms in total. The summed E-state index contributed by atoms with van der Waals surface area (Å²) < 4.78 is 5.11. The van der Waals surface area contributed by atoms with Crippen molar-refractivity contribution in [2.24, 2.45) is 11.8 Å². The monoisotopic (exact) mass is 184 g/mol. The van der Waals surface area contributed by atoms with E-state index in [4.69, 9.17) is 4.74 Å². The van der Waals surface area contributed by atoms with Gasteiger partial charge >= 0.3 is 5.97 Å². The van der Waals surface area contributed by atoms with Gasteiger partial charge in [0.15, 0.2) is 0 Å². The van der Waals surface area contributed by atoms with Gasteiger partial charge in [-0.15, -0.1) is 0 Å². The van der Waals surface area contributed by atoms with Gasteiger partial charge in [0.05, 0.1) is 6.61 Å². The standard InChI is InChI=1S/C11H20O2/c1-6-10(9(4)5)11(12)13-7-8(2)3/h6,8-9H,7H2,1-5H3/b10-6+. The van der Waals surface area contributed by atoms with E-state index < -0.39 is 0 Å². The quantitative estimate of drug-likeness (QED) is 0.496. The molecule has 13 heavy (non-hydrogen) atoms. The zero-order valence-corrected chi connectivity index (χ0v) is 9.26. The Kier molecular flexibility index (Phi) is 5.44. The van der Waals surface area contributed by atoms with E-state index in [9.17, 15) is 4.79 Å². The Morgan fingerprint density at radius 1 is 1.31 bits per heavy atom. The van der Waals surface area contributed by atoms with E-state index in [0.717, 1.165) is 5.57 Å².